The maximum atomic E-state index is 12.8. The van der Waals surface area contributed by atoms with Crippen LogP contribution in [0.2, 0.25) is 0 Å². The van der Waals surface area contributed by atoms with Crippen molar-refractivity contribution in [2.75, 3.05) is 17.3 Å². The molecule has 2 rings (SSSR count). The van der Waals surface area contributed by atoms with Gasteiger partial charge in [-0.1, -0.05) is 31.2 Å². The summed E-state index contributed by atoms with van der Waals surface area (Å²) >= 11 is 0. The topological polar surface area (TPSA) is 107 Å². The number of likely N-dealkylation sites (N-methyl/N-ethyl adjacent to an activating group) is 1. The molecule has 0 aliphatic heterocycles. The van der Waals surface area contributed by atoms with Crippen molar-refractivity contribution in [3.8, 4) is 0 Å². The van der Waals surface area contributed by atoms with Gasteiger partial charge >= 0.3 is 5.97 Å². The van der Waals surface area contributed by atoms with Crippen molar-refractivity contribution in [2.45, 2.75) is 18.9 Å². The van der Waals surface area contributed by atoms with Gasteiger partial charge in [-0.05, 0) is 36.8 Å². The minimum Gasteiger partial charge on any atom is -0.478 e. The van der Waals surface area contributed by atoms with E-state index in [1.165, 1.54) is 38.2 Å². The maximum Gasteiger partial charge on any atom is 0.335 e. The molecule has 0 spiro atoms. The molecule has 2 aromatic rings. The first-order valence-electron chi connectivity index (χ1n) is 8.00. The van der Waals surface area contributed by atoms with Gasteiger partial charge in [0.15, 0.2) is 0 Å². The van der Waals surface area contributed by atoms with E-state index in [9.17, 15) is 19.5 Å². The summed E-state index contributed by atoms with van der Waals surface area (Å²) in [7, 11) is 1.37. The first-order valence-corrected chi connectivity index (χ1v) is 8.00. The number of hydrogen-bond donors (Lipinski definition) is 3. The fraction of sp³-hybridized carbons (Fsp3) is 0.211. The number of carboxylic acid groups (broad SMARTS) is 1. The fourth-order valence-electron chi connectivity index (χ4n) is 2.41. The molecule has 7 nitrogen and oxygen atoms in total. The van der Waals surface area contributed by atoms with E-state index in [0.29, 0.717) is 5.69 Å². The molecule has 3 N–H and O–H groups in total. The van der Waals surface area contributed by atoms with Gasteiger partial charge in [0.25, 0.3) is 11.8 Å². The van der Waals surface area contributed by atoms with E-state index in [-0.39, 0.29) is 17.7 Å². The molecule has 0 saturated heterocycles. The van der Waals surface area contributed by atoms with Crippen molar-refractivity contribution in [2.24, 2.45) is 0 Å². The van der Waals surface area contributed by atoms with Gasteiger partial charge < -0.3 is 20.4 Å². The number of anilines is 2. The fourth-order valence-corrected chi connectivity index (χ4v) is 2.41. The Morgan fingerprint density at radius 3 is 2.31 bits per heavy atom. The van der Waals surface area contributed by atoms with Crippen molar-refractivity contribution < 1.29 is 24.6 Å². The smallest absolute Gasteiger partial charge is 0.335 e. The van der Waals surface area contributed by atoms with Crippen LogP contribution in [0, 0.1) is 0 Å². The van der Waals surface area contributed by atoms with Crippen LogP contribution in [0.5, 0.6) is 0 Å². The highest BCUT2D eigenvalue weighted by molar-refractivity contribution is 6.18. The van der Waals surface area contributed by atoms with Gasteiger partial charge in [0.05, 0.1) is 5.56 Å². The van der Waals surface area contributed by atoms with Crippen molar-refractivity contribution in [3.05, 3.63) is 60.2 Å². The molecule has 0 saturated carbocycles. The Bertz CT molecular complexity index is 822. The first kappa shape index (κ1) is 19.1. The number of rotatable bonds is 6. The lowest BCUT2D eigenvalue weighted by Crippen LogP contribution is -2.55. The van der Waals surface area contributed by atoms with E-state index in [4.69, 9.17) is 5.11 Å². The van der Waals surface area contributed by atoms with Gasteiger partial charge in [-0.2, -0.15) is 0 Å². The molecule has 26 heavy (non-hydrogen) atoms. The Kier molecular flexibility index (Phi) is 5.74. The van der Waals surface area contributed by atoms with Crippen LogP contribution in [-0.2, 0) is 9.59 Å². The van der Waals surface area contributed by atoms with Gasteiger partial charge in [0.1, 0.15) is 0 Å². The highest BCUT2D eigenvalue weighted by Crippen LogP contribution is 2.22. The lowest BCUT2D eigenvalue weighted by Gasteiger charge is -2.29. The average molecular weight is 356 g/mol. The molecule has 136 valence electrons. The summed E-state index contributed by atoms with van der Waals surface area (Å²) in [5.74, 6) is -2.84. The Balaban J connectivity index is 2.27. The number of carbonyl (C=O) groups is 3. The number of hydrogen-bond acceptors (Lipinski definition) is 4. The number of aliphatic hydroxyl groups is 1. The predicted octanol–water partition coefficient (Wildman–Crippen LogP) is 2.13. The number of aromatic carboxylic acids is 1. The first-order chi connectivity index (χ1) is 12.3. The molecule has 0 fully saturated rings. The number of amides is 2. The Hall–Kier alpha value is -3.19. The molecule has 7 heteroatoms. The van der Waals surface area contributed by atoms with Gasteiger partial charge in [0.2, 0.25) is 5.60 Å². The molecule has 2 amide bonds. The number of carbonyl (C=O) groups excluding carboxylic acids is 2. The largest absolute Gasteiger partial charge is 0.478 e. The van der Waals surface area contributed by atoms with Crippen LogP contribution in [0.25, 0.3) is 0 Å². The van der Waals surface area contributed by atoms with E-state index in [1.807, 2.05) is 0 Å². The zero-order valence-corrected chi connectivity index (χ0v) is 14.5. The summed E-state index contributed by atoms with van der Waals surface area (Å²) in [6.45, 7) is 1.52. The van der Waals surface area contributed by atoms with Gasteiger partial charge in [-0.25, -0.2) is 4.79 Å². The van der Waals surface area contributed by atoms with E-state index in [2.05, 4.69) is 5.32 Å². The summed E-state index contributed by atoms with van der Waals surface area (Å²) in [6, 6.07) is 14.2. The van der Waals surface area contributed by atoms with Crippen LogP contribution in [-0.4, -0.2) is 40.6 Å². The highest BCUT2D eigenvalue weighted by Gasteiger charge is 2.44. The van der Waals surface area contributed by atoms with E-state index in [1.54, 1.807) is 30.3 Å². The summed E-state index contributed by atoms with van der Waals surface area (Å²) in [5, 5.41) is 22.3. The van der Waals surface area contributed by atoms with E-state index < -0.39 is 23.4 Å². The molecule has 0 bridgehead atoms. The maximum absolute atomic E-state index is 12.8. The summed E-state index contributed by atoms with van der Waals surface area (Å²) in [4.78, 5) is 37.5. The molecular formula is C19H20N2O5. The summed E-state index contributed by atoms with van der Waals surface area (Å²) in [5.41, 5.74) is -1.58. The van der Waals surface area contributed by atoms with Gasteiger partial charge in [-0.3, -0.25) is 9.59 Å². The van der Waals surface area contributed by atoms with Crippen molar-refractivity contribution in [1.82, 2.24) is 0 Å². The molecule has 2 aromatic carbocycles. The van der Waals surface area contributed by atoms with E-state index >= 15 is 0 Å². The van der Waals surface area contributed by atoms with Crippen LogP contribution in [0.3, 0.4) is 0 Å². The third kappa shape index (κ3) is 3.89. The second-order valence-electron chi connectivity index (χ2n) is 5.75. The Labute approximate surface area is 150 Å². The second-order valence-corrected chi connectivity index (χ2v) is 5.75. The molecule has 0 aliphatic rings. The lowest BCUT2D eigenvalue weighted by molar-refractivity contribution is -0.148. The van der Waals surface area contributed by atoms with Crippen molar-refractivity contribution in [3.63, 3.8) is 0 Å². The summed E-state index contributed by atoms with van der Waals surface area (Å²) < 4.78 is 0. The Morgan fingerprint density at radius 1 is 1.08 bits per heavy atom. The zero-order chi connectivity index (χ0) is 19.3. The SMILES string of the molecule is CCC(O)(C(=O)Nc1ccccc1)C(=O)N(C)c1cccc(C(=O)O)c1. The van der Waals surface area contributed by atoms with E-state index in [0.717, 1.165) is 4.90 Å². The standard InChI is InChI=1S/C19H20N2O5/c1-3-19(26,17(24)20-14-9-5-4-6-10-14)18(25)21(2)15-11-7-8-13(12-15)16(22)23/h4-12,26H,3H2,1-2H3,(H,20,24)(H,22,23). The lowest BCUT2D eigenvalue weighted by atomic mass is 9.97. The van der Waals surface area contributed by atoms with Crippen LogP contribution in [0.1, 0.15) is 23.7 Å². The monoisotopic (exact) mass is 356 g/mol. The van der Waals surface area contributed by atoms with Crippen molar-refractivity contribution >= 4 is 29.2 Å². The van der Waals surface area contributed by atoms with Gasteiger partial charge in [0, 0.05) is 18.4 Å². The van der Waals surface area contributed by atoms with Crippen LogP contribution in [0.4, 0.5) is 11.4 Å². The third-order valence-corrected chi connectivity index (χ3v) is 4.06. The molecule has 1 atom stereocenters. The number of para-hydroxylation sites is 1. The Morgan fingerprint density at radius 2 is 1.73 bits per heavy atom. The average Bonchev–Trinajstić information content (AvgIpc) is 2.66. The number of nitrogens with zero attached hydrogens (tertiary/aromatic N) is 1. The van der Waals surface area contributed by atoms with Gasteiger partial charge in [-0.15, -0.1) is 0 Å². The number of benzene rings is 2. The zero-order valence-electron chi connectivity index (χ0n) is 14.5. The normalized spacial score (nSPS) is 12.7. The highest BCUT2D eigenvalue weighted by atomic mass is 16.4. The molecule has 0 radical (unpaired) electrons. The van der Waals surface area contributed by atoms with Crippen LogP contribution >= 0.6 is 0 Å². The molecule has 0 aliphatic carbocycles. The predicted molar refractivity (Wildman–Crippen MR) is 97.1 cm³/mol. The number of nitrogens with one attached hydrogen (secondary N) is 1. The van der Waals surface area contributed by atoms with Crippen molar-refractivity contribution in [1.29, 1.82) is 0 Å². The minimum atomic E-state index is -2.29. The molecule has 0 aromatic heterocycles. The molecule has 0 heterocycles. The third-order valence-electron chi connectivity index (χ3n) is 4.06. The molecular weight excluding hydrogens is 336 g/mol. The minimum absolute atomic E-state index is 0.00377. The molecule has 1 unspecified atom stereocenters. The second kappa shape index (κ2) is 7.79. The van der Waals surface area contributed by atoms with Crippen LogP contribution < -0.4 is 10.2 Å². The number of carboxylic acids is 1. The van der Waals surface area contributed by atoms with Crippen LogP contribution in [0.15, 0.2) is 54.6 Å². The summed E-state index contributed by atoms with van der Waals surface area (Å²) in [6.07, 6.45) is -0.145. The quantitative estimate of drug-likeness (QED) is 0.688.